The molecule has 6 heteroatoms. The van der Waals surface area contributed by atoms with Gasteiger partial charge in [-0.1, -0.05) is 158 Å². The Hall–Kier alpha value is -3.44. The molecule has 3 aromatic rings. The average Bonchev–Trinajstić information content (AvgIpc) is 3.18. The highest BCUT2D eigenvalue weighted by Gasteiger charge is 2.50. The van der Waals surface area contributed by atoms with Crippen LogP contribution in [0.3, 0.4) is 0 Å². The molecule has 0 N–H and O–H groups in total. The molecule has 0 radical (unpaired) electrons. The lowest BCUT2D eigenvalue weighted by Crippen LogP contribution is -2.48. The first-order valence-electron chi connectivity index (χ1n) is 21.1. The van der Waals surface area contributed by atoms with Crippen LogP contribution in [0.4, 0.5) is 0 Å². The predicted molar refractivity (Wildman–Crippen MR) is 221 cm³/mol. The summed E-state index contributed by atoms with van der Waals surface area (Å²) < 4.78 is 13.4. The lowest BCUT2D eigenvalue weighted by Gasteiger charge is -2.45. The Balaban J connectivity index is 1.39. The molecule has 0 aromatic heterocycles. The van der Waals surface area contributed by atoms with Crippen molar-refractivity contribution in [3.63, 3.8) is 0 Å². The van der Waals surface area contributed by atoms with E-state index in [1.807, 2.05) is 12.1 Å². The fraction of sp³-hybridized carbons (Fsp3) is 0.571. The Bertz CT molecular complexity index is 1640. The molecule has 296 valence electrons. The van der Waals surface area contributed by atoms with Crippen molar-refractivity contribution in [1.29, 1.82) is 0 Å². The van der Waals surface area contributed by atoms with E-state index < -0.39 is 36.0 Å². The first kappa shape index (κ1) is 41.2. The van der Waals surface area contributed by atoms with Crippen LogP contribution in [0, 0.1) is 35.5 Å². The second-order valence-corrected chi connectivity index (χ2v) is 18.9. The van der Waals surface area contributed by atoms with Gasteiger partial charge < -0.3 is 9.47 Å². The van der Waals surface area contributed by atoms with Crippen molar-refractivity contribution in [1.82, 2.24) is 0 Å². The maximum Gasteiger partial charge on any atom is 0.321 e. The van der Waals surface area contributed by atoms with Crippen LogP contribution in [0.25, 0.3) is 0 Å². The SMILES string of the molecule is C[C@@H]1CC[C@@H](C(C)(C)c2ccccc2)[C@H](OC(=O)C(C(=O)O[C@@H]2C[C@H](C)CC[C@H]2C(C)(C)c2ccccc2)[C@H](C(=O)C2CCCCC2)c2ccc(Cl)cc2)C1. The van der Waals surface area contributed by atoms with Crippen LogP contribution >= 0.6 is 11.6 Å². The first-order chi connectivity index (χ1) is 26.3. The Morgan fingerprint density at radius 1 is 0.600 bits per heavy atom. The lowest BCUT2D eigenvalue weighted by atomic mass is 9.64. The molecule has 3 aliphatic carbocycles. The lowest BCUT2D eigenvalue weighted by molar-refractivity contribution is -0.178. The highest BCUT2D eigenvalue weighted by molar-refractivity contribution is 6.30. The number of carbonyl (C=O) groups excluding carboxylic acids is 3. The van der Waals surface area contributed by atoms with E-state index in [0.29, 0.717) is 35.3 Å². The van der Waals surface area contributed by atoms with Gasteiger partial charge in [0.1, 0.15) is 18.0 Å². The zero-order valence-corrected chi connectivity index (χ0v) is 34.7. The van der Waals surface area contributed by atoms with E-state index in [9.17, 15) is 4.79 Å². The van der Waals surface area contributed by atoms with Crippen LogP contribution in [0.15, 0.2) is 84.9 Å². The second-order valence-electron chi connectivity index (χ2n) is 18.4. The van der Waals surface area contributed by atoms with Crippen molar-refractivity contribution < 1.29 is 23.9 Å². The van der Waals surface area contributed by atoms with Gasteiger partial charge in [-0.05, 0) is 90.0 Å². The van der Waals surface area contributed by atoms with Crippen LogP contribution < -0.4 is 0 Å². The Morgan fingerprint density at radius 2 is 1.04 bits per heavy atom. The summed E-state index contributed by atoms with van der Waals surface area (Å²) in [6.45, 7) is 13.4. The predicted octanol–water partition coefficient (Wildman–Crippen LogP) is 11.8. The van der Waals surface area contributed by atoms with Crippen molar-refractivity contribution in [3.05, 3.63) is 107 Å². The van der Waals surface area contributed by atoms with Gasteiger partial charge in [-0.15, -0.1) is 0 Å². The van der Waals surface area contributed by atoms with Gasteiger partial charge in [-0.3, -0.25) is 14.4 Å². The number of halogens is 1. The molecule has 3 saturated carbocycles. The normalized spacial score (nSPS) is 25.9. The zero-order chi connectivity index (χ0) is 39.3. The number of ketones is 1. The third-order valence-corrected chi connectivity index (χ3v) is 14.2. The van der Waals surface area contributed by atoms with Crippen LogP contribution in [-0.4, -0.2) is 29.9 Å². The van der Waals surface area contributed by atoms with Gasteiger partial charge in [0.2, 0.25) is 0 Å². The minimum atomic E-state index is -1.44. The summed E-state index contributed by atoms with van der Waals surface area (Å²) in [5, 5.41) is 0.527. The molecule has 0 aliphatic heterocycles. The van der Waals surface area contributed by atoms with E-state index in [1.54, 1.807) is 24.3 Å². The number of ether oxygens (including phenoxy) is 2. The molecule has 0 amide bonds. The number of hydrogen-bond donors (Lipinski definition) is 0. The Labute approximate surface area is 335 Å². The molecule has 5 nitrogen and oxygen atoms in total. The standard InChI is InChI=1S/C49H63ClO5/c1-32-22-28-39(48(3,4)36-18-12-8-13-19-36)41(30-32)54-46(52)44(43(34-24-26-38(50)27-25-34)45(51)35-16-10-7-11-17-35)47(53)55-42-31-33(2)23-29-40(42)49(5,6)37-20-14-9-15-21-37/h8-9,12-15,18-21,24-27,32-33,35,39-44H,7,10-11,16-17,22-23,28-31H2,1-6H3/t32-,33-,39-,40-,41-,42-,43-/m1/s1. The van der Waals surface area contributed by atoms with E-state index in [0.717, 1.165) is 57.8 Å². The number of Topliss-reactive ketones (excluding diaryl/α,β-unsaturated/α-hetero) is 1. The van der Waals surface area contributed by atoms with Gasteiger partial charge in [0.25, 0.3) is 0 Å². The summed E-state index contributed by atoms with van der Waals surface area (Å²) in [4.78, 5) is 45.2. The largest absolute Gasteiger partial charge is 0.461 e. The number of carbonyl (C=O) groups is 3. The maximum absolute atomic E-state index is 15.1. The quantitative estimate of drug-likeness (QED) is 0.136. The van der Waals surface area contributed by atoms with Crippen LogP contribution in [0.1, 0.15) is 135 Å². The fourth-order valence-electron chi connectivity index (χ4n) is 10.4. The smallest absolute Gasteiger partial charge is 0.321 e. The van der Waals surface area contributed by atoms with Gasteiger partial charge in [0.15, 0.2) is 5.92 Å². The summed E-state index contributed by atoms with van der Waals surface area (Å²) in [7, 11) is 0. The summed E-state index contributed by atoms with van der Waals surface area (Å²) in [5.41, 5.74) is 2.41. The van der Waals surface area contributed by atoms with Crippen LogP contribution in [0.5, 0.6) is 0 Å². The van der Waals surface area contributed by atoms with Gasteiger partial charge in [-0.2, -0.15) is 0 Å². The van der Waals surface area contributed by atoms with Gasteiger partial charge in [0, 0.05) is 22.8 Å². The molecule has 0 heterocycles. The van der Waals surface area contributed by atoms with Crippen molar-refractivity contribution in [2.75, 3.05) is 0 Å². The van der Waals surface area contributed by atoms with Gasteiger partial charge in [0.05, 0.1) is 5.92 Å². The molecule has 6 rings (SSSR count). The Morgan fingerprint density at radius 3 is 1.47 bits per heavy atom. The maximum atomic E-state index is 15.1. The fourth-order valence-corrected chi connectivity index (χ4v) is 10.5. The summed E-state index contributed by atoms with van der Waals surface area (Å²) in [6, 6.07) is 28.0. The second kappa shape index (κ2) is 17.8. The molecule has 0 spiro atoms. The van der Waals surface area contributed by atoms with Crippen LogP contribution in [0.2, 0.25) is 5.02 Å². The highest BCUT2D eigenvalue weighted by atomic mass is 35.5. The van der Waals surface area contributed by atoms with Gasteiger partial charge >= 0.3 is 11.9 Å². The molecule has 7 atom stereocenters. The molecule has 0 unspecified atom stereocenters. The number of hydrogen-bond acceptors (Lipinski definition) is 5. The van der Waals surface area contributed by atoms with Crippen molar-refractivity contribution >= 4 is 29.3 Å². The molecule has 0 bridgehead atoms. The monoisotopic (exact) mass is 766 g/mol. The van der Waals surface area contributed by atoms with Crippen molar-refractivity contribution in [2.24, 2.45) is 35.5 Å². The molecule has 3 aliphatic rings. The summed E-state index contributed by atoms with van der Waals surface area (Å²) >= 11 is 6.38. The van der Waals surface area contributed by atoms with E-state index in [4.69, 9.17) is 21.1 Å². The zero-order valence-electron chi connectivity index (χ0n) is 34.0. The topological polar surface area (TPSA) is 69.7 Å². The minimum absolute atomic E-state index is 0.0324. The first-order valence-corrected chi connectivity index (χ1v) is 21.5. The number of benzene rings is 3. The van der Waals surface area contributed by atoms with Crippen molar-refractivity contribution in [2.45, 2.75) is 141 Å². The van der Waals surface area contributed by atoms with Gasteiger partial charge in [-0.25, -0.2) is 0 Å². The summed E-state index contributed by atoms with van der Waals surface area (Å²) in [5.74, 6) is -3.31. The number of esters is 2. The highest BCUT2D eigenvalue weighted by Crippen LogP contribution is 2.47. The Kier molecular flexibility index (Phi) is 13.3. The summed E-state index contributed by atoms with van der Waals surface area (Å²) in [6.07, 6.45) is 8.91. The molecule has 55 heavy (non-hydrogen) atoms. The molecule has 3 fully saturated rings. The number of rotatable bonds is 12. The van der Waals surface area contributed by atoms with E-state index >= 15 is 9.59 Å². The van der Waals surface area contributed by atoms with Crippen molar-refractivity contribution in [3.8, 4) is 0 Å². The molecule has 0 saturated heterocycles. The molecular formula is C49H63ClO5. The van der Waals surface area contributed by atoms with Crippen LogP contribution in [-0.2, 0) is 34.7 Å². The molecule has 3 aromatic carbocycles. The third-order valence-electron chi connectivity index (χ3n) is 13.9. The van der Waals surface area contributed by atoms with E-state index in [2.05, 4.69) is 90.1 Å². The third kappa shape index (κ3) is 9.41. The minimum Gasteiger partial charge on any atom is -0.461 e. The average molecular weight is 767 g/mol. The van der Waals surface area contributed by atoms with E-state index in [1.165, 1.54) is 11.1 Å². The molecular weight excluding hydrogens is 704 g/mol. The van der Waals surface area contributed by atoms with E-state index in [-0.39, 0.29) is 34.4 Å².